The van der Waals surface area contributed by atoms with E-state index in [0.29, 0.717) is 5.41 Å². The van der Waals surface area contributed by atoms with Gasteiger partial charge in [-0.1, -0.05) is 25.7 Å². The van der Waals surface area contributed by atoms with Crippen LogP contribution in [0, 0.1) is 5.41 Å². The molecule has 3 heteroatoms. The van der Waals surface area contributed by atoms with Gasteiger partial charge in [-0.25, -0.2) is 0 Å². The van der Waals surface area contributed by atoms with Gasteiger partial charge >= 0.3 is 0 Å². The third-order valence-electron chi connectivity index (χ3n) is 5.15. The molecule has 3 nitrogen and oxygen atoms in total. The van der Waals surface area contributed by atoms with Crippen LogP contribution in [-0.2, 0) is 0 Å². The molecule has 0 atom stereocenters. The van der Waals surface area contributed by atoms with Crippen molar-refractivity contribution in [3.63, 3.8) is 0 Å². The van der Waals surface area contributed by atoms with E-state index in [1.165, 1.54) is 38.5 Å². The van der Waals surface area contributed by atoms with Gasteiger partial charge in [0.25, 0.3) is 0 Å². The molecule has 1 saturated carbocycles. The van der Waals surface area contributed by atoms with E-state index in [-0.39, 0.29) is 17.7 Å². The van der Waals surface area contributed by atoms with Crippen LogP contribution in [0.15, 0.2) is 0 Å². The fourth-order valence-electron chi connectivity index (χ4n) is 3.16. The highest BCUT2D eigenvalue weighted by Gasteiger charge is 2.36. The maximum absolute atomic E-state index is 9.64. The van der Waals surface area contributed by atoms with Crippen molar-refractivity contribution in [3.05, 3.63) is 0 Å². The maximum Gasteiger partial charge on any atom is 0.0609 e. The molecule has 1 rings (SSSR count). The molecule has 0 aromatic rings. The van der Waals surface area contributed by atoms with Crippen LogP contribution in [0.1, 0.15) is 73.1 Å². The van der Waals surface area contributed by atoms with Gasteiger partial charge in [-0.05, 0) is 59.9 Å². The topological polar surface area (TPSA) is 35.5 Å². The van der Waals surface area contributed by atoms with Gasteiger partial charge in [-0.2, -0.15) is 0 Å². The molecule has 126 valence electrons. The molecule has 1 aliphatic carbocycles. The van der Waals surface area contributed by atoms with E-state index in [1.54, 1.807) is 0 Å². The molecule has 0 aliphatic heterocycles. The second-order valence-corrected chi connectivity index (χ2v) is 8.84. The summed E-state index contributed by atoms with van der Waals surface area (Å²) in [5.74, 6) is 0. The van der Waals surface area contributed by atoms with Crippen molar-refractivity contribution in [2.45, 2.75) is 84.2 Å². The first-order valence-corrected chi connectivity index (χ1v) is 8.67. The largest absolute Gasteiger partial charge is 0.394 e. The third-order valence-corrected chi connectivity index (χ3v) is 5.15. The normalized spacial score (nSPS) is 20.6. The smallest absolute Gasteiger partial charge is 0.0609 e. The lowest BCUT2D eigenvalue weighted by atomic mass is 9.78. The number of rotatable bonds is 6. The van der Waals surface area contributed by atoms with E-state index in [1.807, 2.05) is 0 Å². The Kier molecular flexibility index (Phi) is 6.70. The molecule has 0 aromatic carbocycles. The summed E-state index contributed by atoms with van der Waals surface area (Å²) in [5.41, 5.74) is 0.385. The van der Waals surface area contributed by atoms with E-state index in [0.717, 1.165) is 13.1 Å². The Bertz CT molecular complexity index is 299. The van der Waals surface area contributed by atoms with Crippen LogP contribution in [0.3, 0.4) is 0 Å². The molecule has 0 unspecified atom stereocenters. The van der Waals surface area contributed by atoms with E-state index >= 15 is 0 Å². The highest BCUT2D eigenvalue weighted by atomic mass is 16.3. The summed E-state index contributed by atoms with van der Waals surface area (Å²) in [7, 11) is 2.17. The van der Waals surface area contributed by atoms with E-state index in [2.05, 4.69) is 51.9 Å². The van der Waals surface area contributed by atoms with Crippen LogP contribution in [0.2, 0.25) is 0 Å². The van der Waals surface area contributed by atoms with Crippen molar-refractivity contribution >= 4 is 0 Å². The highest BCUT2D eigenvalue weighted by Crippen LogP contribution is 2.36. The van der Waals surface area contributed by atoms with Crippen LogP contribution in [0.4, 0.5) is 0 Å². The quantitative estimate of drug-likeness (QED) is 0.738. The Morgan fingerprint density at radius 3 is 1.95 bits per heavy atom. The first-order valence-electron chi connectivity index (χ1n) is 8.67. The molecule has 0 spiro atoms. The third kappa shape index (κ3) is 6.25. The van der Waals surface area contributed by atoms with Crippen LogP contribution in [0.25, 0.3) is 0 Å². The number of nitrogens with zero attached hydrogens (tertiary/aromatic N) is 1. The van der Waals surface area contributed by atoms with Gasteiger partial charge in [-0.15, -0.1) is 0 Å². The van der Waals surface area contributed by atoms with Crippen molar-refractivity contribution in [3.8, 4) is 0 Å². The zero-order chi connectivity index (χ0) is 16.1. The lowest BCUT2D eigenvalue weighted by molar-refractivity contribution is 0.0321. The van der Waals surface area contributed by atoms with Crippen LogP contribution in [0.5, 0.6) is 0 Å². The summed E-state index contributed by atoms with van der Waals surface area (Å²) >= 11 is 0. The fraction of sp³-hybridized carbons (Fsp3) is 1.00. The van der Waals surface area contributed by atoms with Crippen molar-refractivity contribution in [2.75, 3.05) is 26.7 Å². The van der Waals surface area contributed by atoms with Gasteiger partial charge < -0.3 is 10.4 Å². The number of nitrogens with one attached hydrogen (secondary N) is 1. The zero-order valence-corrected chi connectivity index (χ0v) is 15.3. The van der Waals surface area contributed by atoms with Crippen molar-refractivity contribution in [1.29, 1.82) is 0 Å². The Labute approximate surface area is 132 Å². The van der Waals surface area contributed by atoms with E-state index < -0.39 is 0 Å². The predicted molar refractivity (Wildman–Crippen MR) is 91.7 cm³/mol. The minimum absolute atomic E-state index is 0.138. The number of hydrogen-bond acceptors (Lipinski definition) is 3. The molecule has 0 saturated heterocycles. The molecule has 0 radical (unpaired) electrons. The first-order chi connectivity index (χ1) is 9.60. The van der Waals surface area contributed by atoms with Gasteiger partial charge in [-0.3, -0.25) is 4.90 Å². The molecule has 0 bridgehead atoms. The van der Waals surface area contributed by atoms with Gasteiger partial charge in [0.05, 0.1) is 6.61 Å². The number of hydrogen-bond donors (Lipinski definition) is 2. The molecular weight excluding hydrogens is 260 g/mol. The van der Waals surface area contributed by atoms with Crippen molar-refractivity contribution in [1.82, 2.24) is 10.2 Å². The molecule has 1 fully saturated rings. The predicted octanol–water partition coefficient (Wildman–Crippen LogP) is 3.42. The van der Waals surface area contributed by atoms with Gasteiger partial charge in [0.2, 0.25) is 0 Å². The van der Waals surface area contributed by atoms with Gasteiger partial charge in [0.1, 0.15) is 0 Å². The van der Waals surface area contributed by atoms with Crippen LogP contribution >= 0.6 is 0 Å². The Hall–Kier alpha value is -0.120. The number of aliphatic hydroxyl groups excluding tert-OH is 1. The highest BCUT2D eigenvalue weighted by molar-refractivity contribution is 4.91. The molecule has 2 N–H and O–H groups in total. The molecule has 21 heavy (non-hydrogen) atoms. The molecule has 0 aromatic heterocycles. The van der Waals surface area contributed by atoms with E-state index in [4.69, 9.17) is 0 Å². The average molecular weight is 299 g/mol. The summed E-state index contributed by atoms with van der Waals surface area (Å²) in [4.78, 5) is 2.36. The summed E-state index contributed by atoms with van der Waals surface area (Å²) in [6.45, 7) is 13.4. The number of likely N-dealkylation sites (N-methyl/N-ethyl adjacent to an activating group) is 1. The number of aliphatic hydroxyl groups is 1. The average Bonchev–Trinajstić information content (AvgIpc) is 2.62. The lowest BCUT2D eigenvalue weighted by Crippen LogP contribution is -2.53. The van der Waals surface area contributed by atoms with Gasteiger partial charge in [0.15, 0.2) is 0 Å². The minimum atomic E-state index is -0.138. The molecule has 0 heterocycles. The van der Waals surface area contributed by atoms with E-state index in [9.17, 15) is 5.11 Å². The molecule has 0 amide bonds. The first kappa shape index (κ1) is 18.9. The SMILES string of the molecule is CN(CC1(CNC(C)(C)C)CCCCCC1)C(C)(C)CO. The Morgan fingerprint density at radius 1 is 1.00 bits per heavy atom. The summed E-state index contributed by atoms with van der Waals surface area (Å²) in [6, 6.07) is 0. The lowest BCUT2D eigenvalue weighted by Gasteiger charge is -2.44. The Balaban J connectivity index is 2.80. The van der Waals surface area contributed by atoms with Crippen LogP contribution in [-0.4, -0.2) is 47.8 Å². The van der Waals surface area contributed by atoms with Crippen molar-refractivity contribution < 1.29 is 5.11 Å². The van der Waals surface area contributed by atoms with Gasteiger partial charge in [0, 0.05) is 24.2 Å². The standard InChI is InChI=1S/C18H38N2O/c1-16(2,3)19-13-18(11-9-7-8-10-12-18)14-20(6)17(4,5)15-21/h19,21H,7-15H2,1-6H3. The molecular formula is C18H38N2O. The summed E-state index contributed by atoms with van der Waals surface area (Å²) < 4.78 is 0. The van der Waals surface area contributed by atoms with Crippen molar-refractivity contribution in [2.24, 2.45) is 5.41 Å². The monoisotopic (exact) mass is 298 g/mol. The van der Waals surface area contributed by atoms with Crippen LogP contribution < -0.4 is 5.32 Å². The Morgan fingerprint density at radius 2 is 1.52 bits per heavy atom. The summed E-state index contributed by atoms with van der Waals surface area (Å²) in [5, 5.41) is 13.4. The second kappa shape index (κ2) is 7.43. The second-order valence-electron chi connectivity index (χ2n) is 8.84. The fourth-order valence-corrected chi connectivity index (χ4v) is 3.16. The zero-order valence-electron chi connectivity index (χ0n) is 15.3. The maximum atomic E-state index is 9.64. The summed E-state index contributed by atoms with van der Waals surface area (Å²) in [6.07, 6.45) is 8.07. The minimum Gasteiger partial charge on any atom is -0.394 e. The molecule has 1 aliphatic rings.